The second kappa shape index (κ2) is 10.9. The van der Waals surface area contributed by atoms with Crippen molar-refractivity contribution in [1.82, 2.24) is 0 Å². The van der Waals surface area contributed by atoms with Crippen LogP contribution in [0.25, 0.3) is 16.8 Å². The quantitative estimate of drug-likeness (QED) is 0.155. The van der Waals surface area contributed by atoms with Crippen molar-refractivity contribution in [1.29, 1.82) is 5.26 Å². The number of methoxy groups -OCH3 is 1. The number of aromatic carboxylic acids is 1. The van der Waals surface area contributed by atoms with Crippen LogP contribution in [0, 0.1) is 11.3 Å². The molecule has 0 spiro atoms. The van der Waals surface area contributed by atoms with Crippen LogP contribution in [0.1, 0.15) is 26.3 Å². The minimum Gasteiger partial charge on any atom is -0.493 e. The summed E-state index contributed by atoms with van der Waals surface area (Å²) in [5, 5.41) is 22.8. The van der Waals surface area contributed by atoms with Crippen molar-refractivity contribution in [2.75, 3.05) is 12.4 Å². The highest BCUT2D eigenvalue weighted by Gasteiger charge is 2.17. The second-order valence-electron chi connectivity index (χ2n) is 7.84. The largest absolute Gasteiger partial charge is 0.493 e. The fourth-order valence-electron chi connectivity index (χ4n) is 3.66. The number of carbonyl (C=O) groups excluding carboxylic acids is 2. The molecule has 0 bridgehead atoms. The number of nitrogens with one attached hydrogen (secondary N) is 1. The van der Waals surface area contributed by atoms with Crippen LogP contribution in [-0.2, 0) is 4.79 Å². The van der Waals surface area contributed by atoms with E-state index in [-0.39, 0.29) is 22.6 Å². The molecule has 0 heterocycles. The summed E-state index contributed by atoms with van der Waals surface area (Å²) in [6.07, 6.45) is 1.32. The lowest BCUT2D eigenvalue weighted by molar-refractivity contribution is -0.112. The average Bonchev–Trinajstić information content (AvgIpc) is 2.91. The maximum Gasteiger partial charge on any atom is 0.344 e. The Morgan fingerprint density at radius 3 is 2.43 bits per heavy atom. The van der Waals surface area contributed by atoms with Gasteiger partial charge in [-0.15, -0.1) is 0 Å². The molecule has 182 valence electrons. The highest BCUT2D eigenvalue weighted by Crippen LogP contribution is 2.31. The van der Waals surface area contributed by atoms with Crippen molar-refractivity contribution in [3.8, 4) is 17.6 Å². The summed E-state index contributed by atoms with van der Waals surface area (Å²) in [5.41, 5.74) is 0.769. The van der Waals surface area contributed by atoms with E-state index in [4.69, 9.17) is 14.6 Å². The molecule has 4 aromatic rings. The van der Waals surface area contributed by atoms with E-state index < -0.39 is 17.8 Å². The van der Waals surface area contributed by atoms with Crippen LogP contribution in [0.5, 0.6) is 11.5 Å². The number of carboxylic acid groups (broad SMARTS) is 1. The Bertz CT molecular complexity index is 1590. The topological polar surface area (TPSA) is 126 Å². The van der Waals surface area contributed by atoms with Crippen LogP contribution < -0.4 is 14.8 Å². The van der Waals surface area contributed by atoms with Crippen LogP contribution in [0.3, 0.4) is 0 Å². The van der Waals surface area contributed by atoms with E-state index in [2.05, 4.69) is 5.32 Å². The van der Waals surface area contributed by atoms with Gasteiger partial charge in [0.1, 0.15) is 11.6 Å². The van der Waals surface area contributed by atoms with Crippen molar-refractivity contribution in [2.24, 2.45) is 0 Å². The highest BCUT2D eigenvalue weighted by atomic mass is 16.6. The van der Waals surface area contributed by atoms with Crippen molar-refractivity contribution in [3.63, 3.8) is 0 Å². The van der Waals surface area contributed by atoms with Gasteiger partial charge in [0.2, 0.25) is 0 Å². The van der Waals surface area contributed by atoms with E-state index in [1.54, 1.807) is 24.3 Å². The first-order valence-corrected chi connectivity index (χ1v) is 11.0. The molecule has 0 aromatic heterocycles. The van der Waals surface area contributed by atoms with Gasteiger partial charge in [0.15, 0.2) is 11.5 Å². The van der Waals surface area contributed by atoms with Crippen LogP contribution in [0.15, 0.2) is 90.5 Å². The molecule has 2 N–H and O–H groups in total. The first kappa shape index (κ1) is 24.7. The molecule has 8 heteroatoms. The number of esters is 1. The summed E-state index contributed by atoms with van der Waals surface area (Å²) in [7, 11) is 1.43. The third-order valence-electron chi connectivity index (χ3n) is 5.44. The number of rotatable bonds is 7. The summed E-state index contributed by atoms with van der Waals surface area (Å²) in [6, 6.07) is 24.9. The summed E-state index contributed by atoms with van der Waals surface area (Å²) >= 11 is 0. The number of amides is 1. The number of fused-ring (bicyclic) bond motifs is 1. The zero-order valence-electron chi connectivity index (χ0n) is 19.6. The van der Waals surface area contributed by atoms with Gasteiger partial charge in [-0.25, -0.2) is 9.59 Å². The Hall–Kier alpha value is -5.42. The van der Waals surface area contributed by atoms with Gasteiger partial charge in [-0.05, 0) is 58.8 Å². The van der Waals surface area contributed by atoms with E-state index in [1.807, 2.05) is 36.4 Å². The van der Waals surface area contributed by atoms with Gasteiger partial charge in [-0.2, -0.15) is 5.26 Å². The number of hydrogen-bond acceptors (Lipinski definition) is 6. The summed E-state index contributed by atoms with van der Waals surface area (Å²) in [4.78, 5) is 36.8. The first-order chi connectivity index (χ1) is 17.9. The number of nitriles is 1. The van der Waals surface area contributed by atoms with E-state index in [0.29, 0.717) is 16.9 Å². The van der Waals surface area contributed by atoms with Gasteiger partial charge in [-0.1, -0.05) is 48.5 Å². The Labute approximate surface area is 212 Å². The molecule has 0 aliphatic heterocycles. The third-order valence-corrected chi connectivity index (χ3v) is 5.44. The zero-order chi connectivity index (χ0) is 26.4. The molecule has 0 atom stereocenters. The molecule has 0 saturated carbocycles. The number of hydrogen-bond donors (Lipinski definition) is 2. The van der Waals surface area contributed by atoms with E-state index >= 15 is 0 Å². The smallest absolute Gasteiger partial charge is 0.344 e. The predicted octanol–water partition coefficient (Wildman–Crippen LogP) is 5.31. The molecule has 0 fully saturated rings. The summed E-state index contributed by atoms with van der Waals surface area (Å²) < 4.78 is 11.0. The lowest BCUT2D eigenvalue weighted by atomic mass is 10.0. The maximum absolute atomic E-state index is 13.0. The summed E-state index contributed by atoms with van der Waals surface area (Å²) in [5.74, 6) is -2.06. The second-order valence-corrected chi connectivity index (χ2v) is 7.84. The van der Waals surface area contributed by atoms with E-state index in [9.17, 15) is 19.6 Å². The molecular formula is C29H20N2O6. The van der Waals surface area contributed by atoms with Crippen molar-refractivity contribution >= 4 is 40.4 Å². The van der Waals surface area contributed by atoms with Crippen LogP contribution in [-0.4, -0.2) is 30.1 Å². The normalized spacial score (nSPS) is 10.9. The van der Waals surface area contributed by atoms with Crippen LogP contribution in [0.4, 0.5) is 5.69 Å². The zero-order valence-corrected chi connectivity index (χ0v) is 19.6. The van der Waals surface area contributed by atoms with Crippen molar-refractivity contribution in [2.45, 2.75) is 0 Å². The number of nitrogens with zero attached hydrogens (tertiary/aromatic N) is 1. The Balaban J connectivity index is 1.60. The lowest BCUT2D eigenvalue weighted by Crippen LogP contribution is -2.14. The molecule has 0 unspecified atom stereocenters. The molecule has 0 aliphatic rings. The highest BCUT2D eigenvalue weighted by molar-refractivity contribution is 6.10. The number of carbonyl (C=O) groups is 3. The first-order valence-electron chi connectivity index (χ1n) is 11.0. The number of carboxylic acids is 1. The molecule has 0 aliphatic carbocycles. The predicted molar refractivity (Wildman–Crippen MR) is 138 cm³/mol. The molecule has 4 aromatic carbocycles. The SMILES string of the molecule is COc1ccc(/C=C(\C#N)C(=O)Nc2cccc(C(=O)O)c2)cc1OC(=O)c1cccc2ccccc12. The molecule has 4 rings (SSSR count). The number of ether oxygens (including phenoxy) is 2. The van der Waals surface area contributed by atoms with E-state index in [0.717, 1.165) is 10.8 Å². The van der Waals surface area contributed by atoms with Gasteiger partial charge in [0.05, 0.1) is 18.2 Å². The van der Waals surface area contributed by atoms with Gasteiger partial charge in [0, 0.05) is 5.69 Å². The van der Waals surface area contributed by atoms with Crippen LogP contribution >= 0.6 is 0 Å². The average molecular weight is 492 g/mol. The number of anilines is 1. The Kier molecular flexibility index (Phi) is 7.27. The standard InChI is InChI=1S/C29H20N2O6/c1-36-25-13-12-18(14-21(17-30)27(32)31-22-9-4-8-20(16-22)28(33)34)15-26(25)37-29(35)24-11-5-7-19-6-2-3-10-23(19)24/h2-16H,1H3,(H,31,32)(H,33,34)/b21-14+. The van der Waals surface area contributed by atoms with E-state index in [1.165, 1.54) is 43.5 Å². The molecule has 0 radical (unpaired) electrons. The minimum atomic E-state index is -1.14. The fraction of sp³-hybridized carbons (Fsp3) is 0.0345. The van der Waals surface area contributed by atoms with Gasteiger partial charge < -0.3 is 19.9 Å². The molecular weight excluding hydrogens is 472 g/mol. The van der Waals surface area contributed by atoms with Gasteiger partial charge in [-0.3, -0.25) is 4.79 Å². The minimum absolute atomic E-state index is 0.00639. The fourth-order valence-corrected chi connectivity index (χ4v) is 3.66. The van der Waals surface area contributed by atoms with Gasteiger partial charge in [0.25, 0.3) is 5.91 Å². The summed E-state index contributed by atoms with van der Waals surface area (Å²) in [6.45, 7) is 0. The Morgan fingerprint density at radius 1 is 0.919 bits per heavy atom. The molecule has 37 heavy (non-hydrogen) atoms. The third kappa shape index (κ3) is 5.63. The van der Waals surface area contributed by atoms with Crippen LogP contribution in [0.2, 0.25) is 0 Å². The molecule has 8 nitrogen and oxygen atoms in total. The lowest BCUT2D eigenvalue weighted by Gasteiger charge is -2.11. The van der Waals surface area contributed by atoms with Gasteiger partial charge >= 0.3 is 11.9 Å². The molecule has 1 amide bonds. The van der Waals surface area contributed by atoms with Crippen molar-refractivity contribution < 1.29 is 29.0 Å². The number of benzene rings is 4. The Morgan fingerprint density at radius 2 is 1.68 bits per heavy atom. The monoisotopic (exact) mass is 492 g/mol. The van der Waals surface area contributed by atoms with Crippen molar-refractivity contribution in [3.05, 3.63) is 107 Å². The molecule has 0 saturated heterocycles. The maximum atomic E-state index is 13.0.